The second kappa shape index (κ2) is 7.04. The number of aliphatic carboxylic acids is 1. The maximum Gasteiger partial charge on any atom is 0.325 e. The van der Waals surface area contributed by atoms with Crippen LogP contribution in [0.5, 0.6) is 0 Å². The zero-order valence-corrected chi connectivity index (χ0v) is 13.2. The number of carbonyl (C=O) groups is 2. The maximum atomic E-state index is 12.6. The molecule has 1 unspecified atom stereocenters. The third-order valence-corrected chi connectivity index (χ3v) is 4.81. The maximum absolute atomic E-state index is 12.6. The van der Waals surface area contributed by atoms with Crippen molar-refractivity contribution in [2.45, 2.75) is 12.5 Å². The molecular weight excluding hydrogens is 312 g/mol. The fourth-order valence-corrected chi connectivity index (χ4v) is 3.59. The van der Waals surface area contributed by atoms with E-state index in [0.29, 0.717) is 10.7 Å². The summed E-state index contributed by atoms with van der Waals surface area (Å²) in [6.07, 6.45) is 0.939. The number of urea groups is 1. The number of amides is 2. The number of halogens is 1. The van der Waals surface area contributed by atoms with Gasteiger partial charge < -0.3 is 10.0 Å². The van der Waals surface area contributed by atoms with Gasteiger partial charge in [0.1, 0.15) is 6.54 Å². The first-order valence-electron chi connectivity index (χ1n) is 6.58. The van der Waals surface area contributed by atoms with Crippen molar-refractivity contribution < 1.29 is 14.7 Å². The highest BCUT2D eigenvalue weighted by Crippen LogP contribution is 2.24. The van der Waals surface area contributed by atoms with E-state index in [2.05, 4.69) is 0 Å². The predicted octanol–water partition coefficient (Wildman–Crippen LogP) is 2.79. The Bertz CT molecular complexity index is 517. The molecule has 0 aliphatic carbocycles. The molecule has 0 aromatic heterocycles. The smallest absolute Gasteiger partial charge is 0.325 e. The topological polar surface area (TPSA) is 60.9 Å². The number of nitrogens with zero attached hydrogens (tertiary/aromatic N) is 2. The highest BCUT2D eigenvalue weighted by molar-refractivity contribution is 7.99. The summed E-state index contributed by atoms with van der Waals surface area (Å²) in [5, 5.41) is 9.60. The van der Waals surface area contributed by atoms with Gasteiger partial charge in [-0.3, -0.25) is 9.69 Å². The number of hydrogen-bond donors (Lipinski definition) is 1. The van der Waals surface area contributed by atoms with Crippen LogP contribution in [0.25, 0.3) is 0 Å². The Morgan fingerprint density at radius 3 is 2.57 bits per heavy atom. The van der Waals surface area contributed by atoms with E-state index in [9.17, 15) is 9.59 Å². The van der Waals surface area contributed by atoms with Crippen molar-refractivity contribution in [1.29, 1.82) is 0 Å². The summed E-state index contributed by atoms with van der Waals surface area (Å²) in [5.74, 6) is 0.874. The van der Waals surface area contributed by atoms with Gasteiger partial charge in [-0.15, -0.1) is 0 Å². The van der Waals surface area contributed by atoms with Gasteiger partial charge in [0, 0.05) is 29.6 Å². The summed E-state index contributed by atoms with van der Waals surface area (Å²) in [7, 11) is 1.73. The van der Waals surface area contributed by atoms with Crippen LogP contribution in [0.2, 0.25) is 5.02 Å². The highest BCUT2D eigenvalue weighted by Gasteiger charge is 2.29. The van der Waals surface area contributed by atoms with Crippen LogP contribution in [0.3, 0.4) is 0 Å². The van der Waals surface area contributed by atoms with E-state index in [-0.39, 0.29) is 18.6 Å². The summed E-state index contributed by atoms with van der Waals surface area (Å²) >= 11 is 7.64. The first-order chi connectivity index (χ1) is 9.99. The molecule has 0 bridgehead atoms. The Balaban J connectivity index is 2.20. The van der Waals surface area contributed by atoms with E-state index in [1.165, 1.54) is 4.90 Å². The minimum atomic E-state index is -1.05. The molecule has 5 nitrogen and oxygen atoms in total. The first-order valence-corrected chi connectivity index (χ1v) is 8.11. The quantitative estimate of drug-likeness (QED) is 0.923. The Kier molecular flexibility index (Phi) is 5.36. The Hall–Kier alpha value is -1.40. The second-order valence-electron chi connectivity index (χ2n) is 4.87. The molecule has 0 spiro atoms. The summed E-state index contributed by atoms with van der Waals surface area (Å²) in [6.45, 7) is -0.370. The van der Waals surface area contributed by atoms with Crippen molar-refractivity contribution in [2.24, 2.45) is 0 Å². The molecule has 114 valence electrons. The van der Waals surface area contributed by atoms with E-state index in [1.54, 1.807) is 48.0 Å². The van der Waals surface area contributed by atoms with Gasteiger partial charge in [0.2, 0.25) is 0 Å². The number of benzene rings is 1. The summed E-state index contributed by atoms with van der Waals surface area (Å²) < 4.78 is 0. The van der Waals surface area contributed by atoms with Crippen LogP contribution < -0.4 is 4.90 Å². The molecule has 1 aromatic carbocycles. The van der Waals surface area contributed by atoms with Gasteiger partial charge in [-0.1, -0.05) is 11.6 Å². The molecule has 1 fully saturated rings. The fraction of sp³-hybridized carbons (Fsp3) is 0.429. The Morgan fingerprint density at radius 1 is 1.38 bits per heavy atom. The first kappa shape index (κ1) is 16.0. The average molecular weight is 329 g/mol. The largest absolute Gasteiger partial charge is 0.480 e. The molecule has 7 heteroatoms. The summed E-state index contributed by atoms with van der Waals surface area (Å²) in [4.78, 5) is 26.6. The lowest BCUT2D eigenvalue weighted by Crippen LogP contribution is -2.48. The van der Waals surface area contributed by atoms with Gasteiger partial charge in [0.05, 0.1) is 0 Å². The lowest BCUT2D eigenvalue weighted by Gasteiger charge is -2.30. The summed E-state index contributed by atoms with van der Waals surface area (Å²) in [6, 6.07) is 6.45. The van der Waals surface area contributed by atoms with E-state index < -0.39 is 5.97 Å². The number of carboxylic acids is 1. The zero-order chi connectivity index (χ0) is 15.4. The SMILES string of the molecule is CN(C(=O)N(CC(=O)O)c1ccc(Cl)cc1)C1CCSC1. The lowest BCUT2D eigenvalue weighted by molar-refractivity contribution is -0.135. The van der Waals surface area contributed by atoms with Crippen molar-refractivity contribution in [3.63, 3.8) is 0 Å². The third-order valence-electron chi connectivity index (χ3n) is 3.42. The van der Waals surface area contributed by atoms with Crippen molar-refractivity contribution in [3.8, 4) is 0 Å². The van der Waals surface area contributed by atoms with E-state index in [4.69, 9.17) is 16.7 Å². The van der Waals surface area contributed by atoms with Gasteiger partial charge in [-0.05, 0) is 36.4 Å². The van der Waals surface area contributed by atoms with Crippen LogP contribution in [-0.4, -0.2) is 53.1 Å². The average Bonchev–Trinajstić information content (AvgIpc) is 2.98. The van der Waals surface area contributed by atoms with Crippen molar-refractivity contribution in [3.05, 3.63) is 29.3 Å². The molecule has 1 atom stereocenters. The lowest BCUT2D eigenvalue weighted by atomic mass is 10.2. The number of thioether (sulfide) groups is 1. The third kappa shape index (κ3) is 4.04. The van der Waals surface area contributed by atoms with Crippen LogP contribution in [0.15, 0.2) is 24.3 Å². The van der Waals surface area contributed by atoms with Gasteiger partial charge in [-0.25, -0.2) is 4.79 Å². The molecule has 0 radical (unpaired) electrons. The molecular formula is C14H17ClN2O3S. The normalized spacial score (nSPS) is 17.5. The number of carbonyl (C=O) groups excluding carboxylic acids is 1. The van der Waals surface area contributed by atoms with E-state index in [0.717, 1.165) is 17.9 Å². The molecule has 1 aromatic rings. The van der Waals surface area contributed by atoms with Crippen LogP contribution >= 0.6 is 23.4 Å². The Labute approximate surface area is 132 Å². The van der Waals surface area contributed by atoms with Crippen LogP contribution in [0.4, 0.5) is 10.5 Å². The van der Waals surface area contributed by atoms with Crippen LogP contribution in [-0.2, 0) is 4.79 Å². The van der Waals surface area contributed by atoms with Crippen LogP contribution in [0, 0.1) is 0 Å². The highest BCUT2D eigenvalue weighted by atomic mass is 35.5. The standard InChI is InChI=1S/C14H17ClN2O3S/c1-16(12-6-7-21-9-12)14(20)17(8-13(18)19)11-4-2-10(15)3-5-11/h2-5,12H,6-9H2,1H3,(H,18,19). The van der Waals surface area contributed by atoms with Crippen molar-refractivity contribution in [1.82, 2.24) is 4.90 Å². The number of rotatable bonds is 4. The molecule has 1 aliphatic rings. The number of carboxylic acid groups (broad SMARTS) is 1. The van der Waals surface area contributed by atoms with Crippen molar-refractivity contribution >= 4 is 41.1 Å². The molecule has 1 aliphatic heterocycles. The summed E-state index contributed by atoms with van der Waals surface area (Å²) in [5.41, 5.74) is 0.532. The predicted molar refractivity (Wildman–Crippen MR) is 85.3 cm³/mol. The van der Waals surface area contributed by atoms with E-state index >= 15 is 0 Å². The van der Waals surface area contributed by atoms with E-state index in [1.807, 2.05) is 0 Å². The molecule has 0 saturated carbocycles. The van der Waals surface area contributed by atoms with Crippen molar-refractivity contribution in [2.75, 3.05) is 30.0 Å². The molecule has 1 heterocycles. The second-order valence-corrected chi connectivity index (χ2v) is 6.45. The van der Waals surface area contributed by atoms with Gasteiger partial charge in [-0.2, -0.15) is 11.8 Å². The van der Waals surface area contributed by atoms with Crippen LogP contribution in [0.1, 0.15) is 6.42 Å². The van der Waals surface area contributed by atoms with Gasteiger partial charge in [0.25, 0.3) is 0 Å². The van der Waals surface area contributed by atoms with Gasteiger partial charge >= 0.3 is 12.0 Å². The zero-order valence-electron chi connectivity index (χ0n) is 11.7. The molecule has 2 rings (SSSR count). The fourth-order valence-electron chi connectivity index (χ4n) is 2.20. The monoisotopic (exact) mass is 328 g/mol. The molecule has 21 heavy (non-hydrogen) atoms. The number of hydrogen-bond acceptors (Lipinski definition) is 3. The number of anilines is 1. The minimum Gasteiger partial charge on any atom is -0.480 e. The molecule has 1 saturated heterocycles. The van der Waals surface area contributed by atoms with Gasteiger partial charge in [0.15, 0.2) is 0 Å². The molecule has 1 N–H and O–H groups in total. The Morgan fingerprint density at radius 2 is 2.05 bits per heavy atom. The molecule has 2 amide bonds. The minimum absolute atomic E-state index is 0.158.